The van der Waals surface area contributed by atoms with Gasteiger partial charge in [0.1, 0.15) is 12.4 Å². The molecule has 16 heavy (non-hydrogen) atoms. The molecule has 0 aliphatic rings. The zero-order chi connectivity index (χ0) is 11.8. The second-order valence-electron chi connectivity index (χ2n) is 3.43. The van der Waals surface area contributed by atoms with Gasteiger partial charge in [0.05, 0.1) is 25.9 Å². The minimum absolute atomic E-state index is 0.0308. The molecule has 1 rings (SSSR count). The first-order valence-corrected chi connectivity index (χ1v) is 5.33. The van der Waals surface area contributed by atoms with E-state index in [-0.39, 0.29) is 6.61 Å². The monoisotopic (exact) mass is 226 g/mol. The third kappa shape index (κ3) is 4.61. The van der Waals surface area contributed by atoms with Gasteiger partial charge in [-0.1, -0.05) is 12.1 Å². The molecule has 0 saturated carbocycles. The van der Waals surface area contributed by atoms with E-state index in [0.29, 0.717) is 19.8 Å². The average Bonchev–Trinajstić information content (AvgIpc) is 2.29. The van der Waals surface area contributed by atoms with E-state index in [1.165, 1.54) is 0 Å². The summed E-state index contributed by atoms with van der Waals surface area (Å²) in [5.74, 6) is 0.747. The summed E-state index contributed by atoms with van der Waals surface area (Å²) in [6.07, 6.45) is -0.457. The lowest BCUT2D eigenvalue weighted by Crippen LogP contribution is -2.09. The maximum atomic E-state index is 9.30. The Labute approximate surface area is 95.4 Å². The van der Waals surface area contributed by atoms with Gasteiger partial charge in [-0.05, 0) is 24.6 Å². The van der Waals surface area contributed by atoms with Crippen molar-refractivity contribution in [2.45, 2.75) is 13.0 Å². The van der Waals surface area contributed by atoms with Crippen LogP contribution in [0.4, 0.5) is 0 Å². The third-order valence-corrected chi connectivity index (χ3v) is 2.09. The zero-order valence-electron chi connectivity index (χ0n) is 9.43. The molecule has 0 spiro atoms. The SMILES string of the molecule is C[C@H](O)c1ccc(OCCOCCO)cc1. The Kier molecular flexibility index (Phi) is 5.85. The molecule has 0 radical (unpaired) electrons. The van der Waals surface area contributed by atoms with Crippen molar-refractivity contribution in [2.24, 2.45) is 0 Å². The molecule has 0 fully saturated rings. The zero-order valence-corrected chi connectivity index (χ0v) is 9.43. The van der Waals surface area contributed by atoms with E-state index in [2.05, 4.69) is 0 Å². The lowest BCUT2D eigenvalue weighted by molar-refractivity contribution is 0.0705. The molecule has 1 aromatic carbocycles. The number of rotatable bonds is 7. The minimum Gasteiger partial charge on any atom is -0.491 e. The molecular formula is C12H18O4. The van der Waals surface area contributed by atoms with Gasteiger partial charge in [-0.25, -0.2) is 0 Å². The Bertz CT molecular complexity index is 282. The molecule has 0 saturated heterocycles. The highest BCUT2D eigenvalue weighted by Gasteiger charge is 2.00. The first kappa shape index (κ1) is 13.0. The number of hydrogen-bond acceptors (Lipinski definition) is 4. The Balaban J connectivity index is 2.27. The second-order valence-corrected chi connectivity index (χ2v) is 3.43. The van der Waals surface area contributed by atoms with Gasteiger partial charge in [-0.15, -0.1) is 0 Å². The molecule has 0 unspecified atom stereocenters. The maximum absolute atomic E-state index is 9.30. The topological polar surface area (TPSA) is 58.9 Å². The average molecular weight is 226 g/mol. The minimum atomic E-state index is -0.457. The van der Waals surface area contributed by atoms with Crippen molar-refractivity contribution < 1.29 is 19.7 Å². The molecule has 0 aliphatic heterocycles. The predicted molar refractivity (Wildman–Crippen MR) is 60.5 cm³/mol. The van der Waals surface area contributed by atoms with Gasteiger partial charge in [0, 0.05) is 0 Å². The fourth-order valence-corrected chi connectivity index (χ4v) is 1.23. The molecule has 0 aliphatic carbocycles. The normalized spacial score (nSPS) is 12.4. The van der Waals surface area contributed by atoms with E-state index in [0.717, 1.165) is 11.3 Å². The lowest BCUT2D eigenvalue weighted by atomic mass is 10.1. The Hall–Kier alpha value is -1.10. The summed E-state index contributed by atoms with van der Waals surface area (Å²) in [7, 11) is 0. The quantitative estimate of drug-likeness (QED) is 0.684. The molecular weight excluding hydrogens is 208 g/mol. The maximum Gasteiger partial charge on any atom is 0.119 e. The van der Waals surface area contributed by atoms with Crippen molar-refractivity contribution in [3.8, 4) is 5.75 Å². The summed E-state index contributed by atoms with van der Waals surface area (Å²) in [5, 5.41) is 17.8. The molecule has 0 bridgehead atoms. The fourth-order valence-electron chi connectivity index (χ4n) is 1.23. The lowest BCUT2D eigenvalue weighted by Gasteiger charge is -2.08. The number of benzene rings is 1. The first-order chi connectivity index (χ1) is 7.74. The van der Waals surface area contributed by atoms with E-state index in [4.69, 9.17) is 14.6 Å². The Morgan fingerprint density at radius 1 is 1.12 bits per heavy atom. The van der Waals surface area contributed by atoms with E-state index in [1.807, 2.05) is 24.3 Å². The highest BCUT2D eigenvalue weighted by Crippen LogP contribution is 2.16. The molecule has 1 atom stereocenters. The highest BCUT2D eigenvalue weighted by atomic mass is 16.5. The summed E-state index contributed by atoms with van der Waals surface area (Å²) >= 11 is 0. The van der Waals surface area contributed by atoms with Crippen molar-refractivity contribution in [1.29, 1.82) is 0 Å². The van der Waals surface area contributed by atoms with E-state index < -0.39 is 6.10 Å². The van der Waals surface area contributed by atoms with Crippen molar-refractivity contribution in [2.75, 3.05) is 26.4 Å². The Morgan fingerprint density at radius 3 is 2.38 bits per heavy atom. The molecule has 0 aromatic heterocycles. The van der Waals surface area contributed by atoms with Gasteiger partial charge in [0.2, 0.25) is 0 Å². The summed E-state index contributed by atoms with van der Waals surface area (Å²) in [6, 6.07) is 7.28. The first-order valence-electron chi connectivity index (χ1n) is 5.33. The fraction of sp³-hybridized carbons (Fsp3) is 0.500. The van der Waals surface area contributed by atoms with Crippen LogP contribution < -0.4 is 4.74 Å². The number of aliphatic hydroxyl groups is 2. The number of hydrogen-bond donors (Lipinski definition) is 2. The van der Waals surface area contributed by atoms with E-state index >= 15 is 0 Å². The van der Waals surface area contributed by atoms with Crippen LogP contribution in [0.25, 0.3) is 0 Å². The third-order valence-electron chi connectivity index (χ3n) is 2.09. The van der Waals surface area contributed by atoms with E-state index in [9.17, 15) is 5.11 Å². The predicted octanol–water partition coefficient (Wildman–Crippen LogP) is 1.13. The van der Waals surface area contributed by atoms with Crippen LogP contribution in [0.3, 0.4) is 0 Å². The van der Waals surface area contributed by atoms with Crippen LogP contribution in [-0.4, -0.2) is 36.6 Å². The van der Waals surface area contributed by atoms with Crippen LogP contribution in [0.1, 0.15) is 18.6 Å². The van der Waals surface area contributed by atoms with Crippen LogP contribution in [0.15, 0.2) is 24.3 Å². The molecule has 4 heteroatoms. The summed E-state index contributed by atoms with van der Waals surface area (Å²) in [6.45, 7) is 3.00. The summed E-state index contributed by atoms with van der Waals surface area (Å²) < 4.78 is 10.5. The summed E-state index contributed by atoms with van der Waals surface area (Å²) in [5.41, 5.74) is 0.865. The standard InChI is InChI=1S/C12H18O4/c1-10(14)11-2-4-12(5-3-11)16-9-8-15-7-6-13/h2-5,10,13-14H,6-9H2,1H3/t10-/m0/s1. The van der Waals surface area contributed by atoms with Gasteiger partial charge in [-0.3, -0.25) is 0 Å². The molecule has 0 amide bonds. The Morgan fingerprint density at radius 2 is 1.81 bits per heavy atom. The van der Waals surface area contributed by atoms with Crippen molar-refractivity contribution in [3.63, 3.8) is 0 Å². The van der Waals surface area contributed by atoms with Crippen molar-refractivity contribution >= 4 is 0 Å². The van der Waals surface area contributed by atoms with Crippen LogP contribution in [0.5, 0.6) is 5.75 Å². The van der Waals surface area contributed by atoms with Crippen LogP contribution in [-0.2, 0) is 4.74 Å². The largest absolute Gasteiger partial charge is 0.491 e. The molecule has 0 heterocycles. The molecule has 1 aromatic rings. The van der Waals surface area contributed by atoms with Crippen LogP contribution in [0, 0.1) is 0 Å². The van der Waals surface area contributed by atoms with Gasteiger partial charge >= 0.3 is 0 Å². The highest BCUT2D eigenvalue weighted by molar-refractivity contribution is 5.28. The van der Waals surface area contributed by atoms with Gasteiger partial charge in [0.15, 0.2) is 0 Å². The van der Waals surface area contributed by atoms with Gasteiger partial charge in [0.25, 0.3) is 0 Å². The number of ether oxygens (including phenoxy) is 2. The van der Waals surface area contributed by atoms with E-state index in [1.54, 1.807) is 6.92 Å². The number of aliphatic hydroxyl groups excluding tert-OH is 2. The smallest absolute Gasteiger partial charge is 0.119 e. The molecule has 2 N–H and O–H groups in total. The summed E-state index contributed by atoms with van der Waals surface area (Å²) in [4.78, 5) is 0. The van der Waals surface area contributed by atoms with Gasteiger partial charge < -0.3 is 19.7 Å². The van der Waals surface area contributed by atoms with Crippen LogP contribution in [0.2, 0.25) is 0 Å². The molecule has 4 nitrogen and oxygen atoms in total. The van der Waals surface area contributed by atoms with Crippen LogP contribution >= 0.6 is 0 Å². The second kappa shape index (κ2) is 7.22. The van der Waals surface area contributed by atoms with Crippen molar-refractivity contribution in [1.82, 2.24) is 0 Å². The molecule has 90 valence electrons. The van der Waals surface area contributed by atoms with Gasteiger partial charge in [-0.2, -0.15) is 0 Å². The van der Waals surface area contributed by atoms with Crippen molar-refractivity contribution in [3.05, 3.63) is 29.8 Å².